The van der Waals surface area contributed by atoms with E-state index in [4.69, 9.17) is 4.99 Å². The Morgan fingerprint density at radius 1 is 1.16 bits per heavy atom. The van der Waals surface area contributed by atoms with E-state index in [2.05, 4.69) is 39.6 Å². The highest BCUT2D eigenvalue weighted by atomic mass is 15.2. The topological polar surface area (TPSA) is 52.6 Å². The summed E-state index contributed by atoms with van der Waals surface area (Å²) < 4.78 is 0. The number of hydrogen-bond donors (Lipinski definition) is 2. The standard InChI is InChI=1S/C20H33N5/c1-2-21-20(24-18-9-5-6-10-18)23-16-17-11-12-22-19(15-17)25-13-7-3-4-8-14-25/h11-12,15,18H,2-10,13-14,16H2,1H3,(H2,21,23,24). The van der Waals surface area contributed by atoms with Gasteiger partial charge in [0.25, 0.3) is 0 Å². The molecule has 1 aromatic heterocycles. The fourth-order valence-corrected chi connectivity index (χ4v) is 3.79. The predicted molar refractivity (Wildman–Crippen MR) is 105 cm³/mol. The van der Waals surface area contributed by atoms with Crippen LogP contribution in [-0.4, -0.2) is 36.6 Å². The third-order valence-corrected chi connectivity index (χ3v) is 5.20. The lowest BCUT2D eigenvalue weighted by Crippen LogP contribution is -2.42. The Bertz CT molecular complexity index is 543. The zero-order chi connectivity index (χ0) is 17.3. The molecule has 0 amide bonds. The van der Waals surface area contributed by atoms with Gasteiger partial charge in [-0.25, -0.2) is 9.98 Å². The number of pyridine rings is 1. The second-order valence-electron chi connectivity index (χ2n) is 7.24. The lowest BCUT2D eigenvalue weighted by molar-refractivity contribution is 0.614. The van der Waals surface area contributed by atoms with Gasteiger partial charge in [-0.05, 0) is 50.3 Å². The van der Waals surface area contributed by atoms with Crippen LogP contribution in [0.2, 0.25) is 0 Å². The molecular weight excluding hydrogens is 310 g/mol. The number of aromatic nitrogens is 1. The van der Waals surface area contributed by atoms with Crippen molar-refractivity contribution in [2.45, 2.75) is 70.9 Å². The molecule has 0 bridgehead atoms. The quantitative estimate of drug-likeness (QED) is 0.635. The summed E-state index contributed by atoms with van der Waals surface area (Å²) >= 11 is 0. The Balaban J connectivity index is 1.62. The normalized spacial score (nSPS) is 19.7. The van der Waals surface area contributed by atoms with E-state index >= 15 is 0 Å². The number of guanidine groups is 1. The van der Waals surface area contributed by atoms with Crippen LogP contribution in [0.1, 0.15) is 63.9 Å². The maximum absolute atomic E-state index is 4.80. The highest BCUT2D eigenvalue weighted by Crippen LogP contribution is 2.19. The lowest BCUT2D eigenvalue weighted by Gasteiger charge is -2.21. The minimum atomic E-state index is 0.586. The van der Waals surface area contributed by atoms with E-state index in [0.29, 0.717) is 12.6 Å². The summed E-state index contributed by atoms with van der Waals surface area (Å²) in [5.74, 6) is 2.06. The van der Waals surface area contributed by atoms with E-state index in [1.54, 1.807) is 0 Å². The molecule has 2 heterocycles. The molecule has 138 valence electrons. The Morgan fingerprint density at radius 3 is 2.64 bits per heavy atom. The molecule has 1 aliphatic heterocycles. The smallest absolute Gasteiger partial charge is 0.191 e. The first kappa shape index (κ1) is 18.0. The minimum Gasteiger partial charge on any atom is -0.357 e. The van der Waals surface area contributed by atoms with E-state index < -0.39 is 0 Å². The van der Waals surface area contributed by atoms with Crippen molar-refractivity contribution in [3.05, 3.63) is 23.9 Å². The molecule has 1 saturated carbocycles. The molecule has 1 aliphatic carbocycles. The van der Waals surface area contributed by atoms with Crippen LogP contribution in [-0.2, 0) is 6.54 Å². The molecule has 25 heavy (non-hydrogen) atoms. The summed E-state index contributed by atoms with van der Waals surface area (Å²) in [6.07, 6.45) is 12.4. The van der Waals surface area contributed by atoms with Crippen LogP contribution in [0.5, 0.6) is 0 Å². The summed E-state index contributed by atoms with van der Waals surface area (Å²) in [6, 6.07) is 4.89. The molecule has 5 nitrogen and oxygen atoms in total. The number of rotatable bonds is 5. The van der Waals surface area contributed by atoms with Crippen molar-refractivity contribution in [1.29, 1.82) is 0 Å². The zero-order valence-corrected chi connectivity index (χ0v) is 15.6. The Kier molecular flexibility index (Phi) is 6.95. The van der Waals surface area contributed by atoms with Crippen LogP contribution in [0.4, 0.5) is 5.82 Å². The van der Waals surface area contributed by atoms with Crippen LogP contribution in [0, 0.1) is 0 Å². The van der Waals surface area contributed by atoms with Gasteiger partial charge in [-0.15, -0.1) is 0 Å². The van der Waals surface area contributed by atoms with Crippen molar-refractivity contribution < 1.29 is 0 Å². The van der Waals surface area contributed by atoms with E-state index in [0.717, 1.165) is 31.4 Å². The predicted octanol–water partition coefficient (Wildman–Crippen LogP) is 3.46. The maximum Gasteiger partial charge on any atom is 0.191 e. The molecule has 2 fully saturated rings. The third-order valence-electron chi connectivity index (χ3n) is 5.20. The van der Waals surface area contributed by atoms with Gasteiger partial charge in [0.2, 0.25) is 0 Å². The molecular formula is C20H33N5. The van der Waals surface area contributed by atoms with E-state index in [9.17, 15) is 0 Å². The number of aliphatic imine (C=N–C) groups is 1. The molecule has 2 N–H and O–H groups in total. The first-order valence-electron chi connectivity index (χ1n) is 10.1. The molecule has 3 rings (SSSR count). The molecule has 1 saturated heterocycles. The Morgan fingerprint density at radius 2 is 1.92 bits per heavy atom. The SMILES string of the molecule is CCNC(=NCc1ccnc(N2CCCCCC2)c1)NC1CCCC1. The molecule has 0 radical (unpaired) electrons. The monoisotopic (exact) mass is 343 g/mol. The molecule has 0 aromatic carbocycles. The third kappa shape index (κ3) is 5.62. The molecule has 5 heteroatoms. The van der Waals surface area contributed by atoms with Crippen LogP contribution in [0.25, 0.3) is 0 Å². The van der Waals surface area contributed by atoms with Crippen LogP contribution in [0.15, 0.2) is 23.3 Å². The summed E-state index contributed by atoms with van der Waals surface area (Å²) in [7, 11) is 0. The van der Waals surface area contributed by atoms with E-state index in [1.165, 1.54) is 56.9 Å². The fraction of sp³-hybridized carbons (Fsp3) is 0.700. The van der Waals surface area contributed by atoms with Gasteiger partial charge in [0, 0.05) is 31.9 Å². The maximum atomic E-state index is 4.80. The van der Waals surface area contributed by atoms with Crippen molar-refractivity contribution in [2.24, 2.45) is 4.99 Å². The van der Waals surface area contributed by atoms with Crippen LogP contribution < -0.4 is 15.5 Å². The fourth-order valence-electron chi connectivity index (χ4n) is 3.79. The summed E-state index contributed by atoms with van der Waals surface area (Å²) in [5, 5.41) is 6.97. The molecule has 0 spiro atoms. The largest absolute Gasteiger partial charge is 0.357 e. The van der Waals surface area contributed by atoms with E-state index in [-0.39, 0.29) is 0 Å². The van der Waals surface area contributed by atoms with Crippen molar-refractivity contribution >= 4 is 11.8 Å². The Labute approximate surface area is 152 Å². The second-order valence-corrected chi connectivity index (χ2v) is 7.24. The van der Waals surface area contributed by atoms with Crippen LogP contribution in [0.3, 0.4) is 0 Å². The highest BCUT2D eigenvalue weighted by molar-refractivity contribution is 5.80. The molecule has 0 atom stereocenters. The number of anilines is 1. The summed E-state index contributed by atoms with van der Waals surface area (Å²) in [6.45, 7) is 5.98. The average molecular weight is 344 g/mol. The Hall–Kier alpha value is -1.78. The van der Waals surface area contributed by atoms with Gasteiger partial charge >= 0.3 is 0 Å². The van der Waals surface area contributed by atoms with Crippen molar-refractivity contribution in [3.63, 3.8) is 0 Å². The molecule has 0 unspecified atom stereocenters. The van der Waals surface area contributed by atoms with Crippen LogP contribution >= 0.6 is 0 Å². The highest BCUT2D eigenvalue weighted by Gasteiger charge is 2.16. The van der Waals surface area contributed by atoms with E-state index in [1.807, 2.05) is 6.20 Å². The average Bonchev–Trinajstić information content (AvgIpc) is 2.99. The van der Waals surface area contributed by atoms with Crippen molar-refractivity contribution in [3.8, 4) is 0 Å². The first-order chi connectivity index (χ1) is 12.3. The van der Waals surface area contributed by atoms with Gasteiger partial charge < -0.3 is 15.5 Å². The first-order valence-corrected chi connectivity index (χ1v) is 10.1. The van der Waals surface area contributed by atoms with Gasteiger partial charge in [-0.3, -0.25) is 0 Å². The minimum absolute atomic E-state index is 0.586. The van der Waals surface area contributed by atoms with Gasteiger partial charge in [0.15, 0.2) is 5.96 Å². The van der Waals surface area contributed by atoms with Crippen molar-refractivity contribution in [1.82, 2.24) is 15.6 Å². The lowest BCUT2D eigenvalue weighted by atomic mass is 10.2. The number of nitrogens with zero attached hydrogens (tertiary/aromatic N) is 3. The number of hydrogen-bond acceptors (Lipinski definition) is 3. The second kappa shape index (κ2) is 9.64. The summed E-state index contributed by atoms with van der Waals surface area (Å²) in [5.41, 5.74) is 1.23. The molecule has 2 aliphatic rings. The number of nitrogens with one attached hydrogen (secondary N) is 2. The zero-order valence-electron chi connectivity index (χ0n) is 15.6. The molecule has 1 aromatic rings. The summed E-state index contributed by atoms with van der Waals surface area (Å²) in [4.78, 5) is 11.8. The van der Waals surface area contributed by atoms with Gasteiger partial charge in [0.1, 0.15) is 5.82 Å². The van der Waals surface area contributed by atoms with Crippen molar-refractivity contribution in [2.75, 3.05) is 24.5 Å². The van der Waals surface area contributed by atoms with Gasteiger partial charge in [-0.2, -0.15) is 0 Å². The van der Waals surface area contributed by atoms with Gasteiger partial charge in [-0.1, -0.05) is 25.7 Å². The van der Waals surface area contributed by atoms with Gasteiger partial charge in [0.05, 0.1) is 6.54 Å².